The van der Waals surface area contributed by atoms with Gasteiger partial charge in [-0.05, 0) is 35.2 Å². The van der Waals surface area contributed by atoms with E-state index in [2.05, 4.69) is 4.98 Å². The zero-order valence-corrected chi connectivity index (χ0v) is 13.7. The molecule has 0 bridgehead atoms. The van der Waals surface area contributed by atoms with Gasteiger partial charge in [0.15, 0.2) is 0 Å². The third-order valence-electron chi connectivity index (χ3n) is 3.97. The van der Waals surface area contributed by atoms with Gasteiger partial charge in [0.1, 0.15) is 0 Å². The van der Waals surface area contributed by atoms with Crippen molar-refractivity contribution in [2.24, 2.45) is 0 Å². The van der Waals surface area contributed by atoms with Crippen LogP contribution in [0.4, 0.5) is 11.4 Å². The predicted octanol–water partition coefficient (Wildman–Crippen LogP) is 4.08. The average molecular weight is 349 g/mol. The summed E-state index contributed by atoms with van der Waals surface area (Å²) >= 11 is 0. The molecule has 0 atom stereocenters. The third kappa shape index (κ3) is 4.27. The molecule has 26 heavy (non-hydrogen) atoms. The first-order chi connectivity index (χ1) is 12.5. The molecule has 0 aliphatic heterocycles. The van der Waals surface area contributed by atoms with Crippen molar-refractivity contribution in [3.8, 4) is 0 Å². The molecule has 3 rings (SSSR count). The molecule has 2 aromatic carbocycles. The lowest BCUT2D eigenvalue weighted by molar-refractivity contribution is -0.385. The Labute approximate surface area is 149 Å². The lowest BCUT2D eigenvalue weighted by Gasteiger charge is -2.05. The number of hydrogen-bond acceptors (Lipinski definition) is 5. The van der Waals surface area contributed by atoms with Crippen LogP contribution in [0, 0.1) is 20.2 Å². The molecule has 0 saturated carbocycles. The fourth-order valence-corrected chi connectivity index (χ4v) is 2.65. The maximum atomic E-state index is 10.7. The first-order valence-electron chi connectivity index (χ1n) is 7.92. The zero-order chi connectivity index (χ0) is 18.5. The number of rotatable bonds is 6. The number of benzene rings is 2. The predicted molar refractivity (Wildman–Crippen MR) is 96.0 cm³/mol. The molecule has 3 aromatic rings. The summed E-state index contributed by atoms with van der Waals surface area (Å²) in [5, 5.41) is 21.4. The molecule has 0 amide bonds. The highest BCUT2D eigenvalue weighted by atomic mass is 16.6. The SMILES string of the molecule is O=[N+]([O-])c1ccc(Cc2ccnc(Cc3ccc([N+](=O)[O-])cc3)c2)cc1. The summed E-state index contributed by atoms with van der Waals surface area (Å²) in [6, 6.07) is 16.8. The van der Waals surface area contributed by atoms with Crippen LogP contribution in [-0.4, -0.2) is 14.8 Å². The van der Waals surface area contributed by atoms with E-state index in [0.717, 1.165) is 22.4 Å². The molecule has 0 radical (unpaired) electrons. The van der Waals surface area contributed by atoms with Crippen LogP contribution in [0.15, 0.2) is 66.9 Å². The zero-order valence-electron chi connectivity index (χ0n) is 13.7. The van der Waals surface area contributed by atoms with Crippen LogP contribution in [0.1, 0.15) is 22.4 Å². The van der Waals surface area contributed by atoms with Crippen molar-refractivity contribution in [3.05, 3.63) is 109 Å². The Morgan fingerprint density at radius 1 is 0.692 bits per heavy atom. The van der Waals surface area contributed by atoms with Gasteiger partial charge in [0, 0.05) is 42.6 Å². The van der Waals surface area contributed by atoms with Crippen LogP contribution in [0.25, 0.3) is 0 Å². The number of aromatic nitrogens is 1. The standard InChI is InChI=1S/C19H15N3O4/c23-21(24)18-5-1-14(2-6-18)11-16-9-10-20-17(13-16)12-15-3-7-19(8-4-15)22(25)26/h1-10,13H,11-12H2. The van der Waals surface area contributed by atoms with Gasteiger partial charge in [-0.15, -0.1) is 0 Å². The minimum atomic E-state index is -0.424. The van der Waals surface area contributed by atoms with Gasteiger partial charge >= 0.3 is 0 Å². The maximum absolute atomic E-state index is 10.7. The molecule has 130 valence electrons. The van der Waals surface area contributed by atoms with E-state index in [-0.39, 0.29) is 11.4 Å². The van der Waals surface area contributed by atoms with Crippen LogP contribution in [-0.2, 0) is 12.8 Å². The lowest BCUT2D eigenvalue weighted by atomic mass is 10.0. The van der Waals surface area contributed by atoms with Crippen molar-refractivity contribution in [2.45, 2.75) is 12.8 Å². The molecule has 0 fully saturated rings. The maximum Gasteiger partial charge on any atom is 0.269 e. The van der Waals surface area contributed by atoms with E-state index in [0.29, 0.717) is 12.8 Å². The largest absolute Gasteiger partial charge is 0.269 e. The van der Waals surface area contributed by atoms with Crippen LogP contribution < -0.4 is 0 Å². The highest BCUT2D eigenvalue weighted by molar-refractivity contribution is 5.37. The molecule has 0 unspecified atom stereocenters. The molecule has 7 nitrogen and oxygen atoms in total. The first kappa shape index (κ1) is 17.2. The summed E-state index contributed by atoms with van der Waals surface area (Å²) in [7, 11) is 0. The first-order valence-corrected chi connectivity index (χ1v) is 7.92. The van der Waals surface area contributed by atoms with Crippen molar-refractivity contribution in [3.63, 3.8) is 0 Å². The fourth-order valence-electron chi connectivity index (χ4n) is 2.65. The molecule has 0 spiro atoms. The monoisotopic (exact) mass is 349 g/mol. The summed E-state index contributed by atoms with van der Waals surface area (Å²) in [4.78, 5) is 24.9. The summed E-state index contributed by atoms with van der Waals surface area (Å²) in [6.07, 6.45) is 2.95. The fraction of sp³-hybridized carbons (Fsp3) is 0.105. The molecule has 0 aliphatic rings. The second-order valence-electron chi connectivity index (χ2n) is 5.86. The summed E-state index contributed by atoms with van der Waals surface area (Å²) < 4.78 is 0. The minimum absolute atomic E-state index is 0.0635. The van der Waals surface area contributed by atoms with Crippen LogP contribution in [0.3, 0.4) is 0 Å². The summed E-state index contributed by atoms with van der Waals surface area (Å²) in [5.74, 6) is 0. The van der Waals surface area contributed by atoms with E-state index >= 15 is 0 Å². The summed E-state index contributed by atoms with van der Waals surface area (Å²) in [6.45, 7) is 0. The van der Waals surface area contributed by atoms with Gasteiger partial charge < -0.3 is 0 Å². The van der Waals surface area contributed by atoms with Crippen molar-refractivity contribution in [2.75, 3.05) is 0 Å². The second kappa shape index (κ2) is 7.52. The van der Waals surface area contributed by atoms with Gasteiger partial charge in [0.05, 0.1) is 9.85 Å². The molecular weight excluding hydrogens is 334 g/mol. The van der Waals surface area contributed by atoms with Crippen molar-refractivity contribution >= 4 is 11.4 Å². The van der Waals surface area contributed by atoms with E-state index < -0.39 is 9.85 Å². The van der Waals surface area contributed by atoms with E-state index in [1.807, 2.05) is 12.1 Å². The van der Waals surface area contributed by atoms with E-state index in [1.165, 1.54) is 24.3 Å². The van der Waals surface area contributed by atoms with Crippen LogP contribution in [0.2, 0.25) is 0 Å². The molecule has 0 saturated heterocycles. The highest BCUT2D eigenvalue weighted by Crippen LogP contribution is 2.17. The van der Waals surface area contributed by atoms with Crippen molar-refractivity contribution in [1.29, 1.82) is 0 Å². The Morgan fingerprint density at radius 2 is 1.19 bits per heavy atom. The van der Waals surface area contributed by atoms with Gasteiger partial charge in [-0.1, -0.05) is 24.3 Å². The molecular formula is C19H15N3O4. The van der Waals surface area contributed by atoms with Gasteiger partial charge in [0.25, 0.3) is 11.4 Å². The number of nitro groups is 2. The van der Waals surface area contributed by atoms with Gasteiger partial charge in [0.2, 0.25) is 0 Å². The Hall–Kier alpha value is -3.61. The van der Waals surface area contributed by atoms with E-state index in [4.69, 9.17) is 0 Å². The normalized spacial score (nSPS) is 10.5. The number of pyridine rings is 1. The lowest BCUT2D eigenvalue weighted by Crippen LogP contribution is -1.96. The number of hydrogen-bond donors (Lipinski definition) is 0. The highest BCUT2D eigenvalue weighted by Gasteiger charge is 2.07. The third-order valence-corrected chi connectivity index (χ3v) is 3.97. The topological polar surface area (TPSA) is 99.2 Å². The van der Waals surface area contributed by atoms with Gasteiger partial charge in [-0.3, -0.25) is 25.2 Å². The molecule has 1 aromatic heterocycles. The molecule has 1 heterocycles. The quantitative estimate of drug-likeness (QED) is 0.493. The van der Waals surface area contributed by atoms with E-state index in [9.17, 15) is 20.2 Å². The van der Waals surface area contributed by atoms with Crippen LogP contribution >= 0.6 is 0 Å². The average Bonchev–Trinajstić information content (AvgIpc) is 2.63. The Balaban J connectivity index is 1.71. The van der Waals surface area contributed by atoms with Gasteiger partial charge in [-0.2, -0.15) is 0 Å². The van der Waals surface area contributed by atoms with Crippen molar-refractivity contribution < 1.29 is 9.85 Å². The van der Waals surface area contributed by atoms with Crippen molar-refractivity contribution in [1.82, 2.24) is 4.98 Å². The molecule has 7 heteroatoms. The Bertz CT molecular complexity index is 863. The minimum Gasteiger partial charge on any atom is -0.261 e. The number of nitrogens with zero attached hydrogens (tertiary/aromatic N) is 3. The number of non-ortho nitro benzene ring substituents is 2. The van der Waals surface area contributed by atoms with E-state index in [1.54, 1.807) is 30.5 Å². The molecule has 0 N–H and O–H groups in total. The van der Waals surface area contributed by atoms with Gasteiger partial charge in [-0.25, -0.2) is 0 Å². The smallest absolute Gasteiger partial charge is 0.261 e. The van der Waals surface area contributed by atoms with Crippen LogP contribution in [0.5, 0.6) is 0 Å². The summed E-state index contributed by atoms with van der Waals surface area (Å²) in [5.41, 5.74) is 3.96. The second-order valence-corrected chi connectivity index (χ2v) is 5.86. The number of nitro benzene ring substituents is 2. The Morgan fingerprint density at radius 3 is 1.69 bits per heavy atom. The Kier molecular flexibility index (Phi) is 4.98. The molecule has 0 aliphatic carbocycles.